The first-order valence-corrected chi connectivity index (χ1v) is 11.2. The highest BCUT2D eigenvalue weighted by atomic mass is 127. The fourth-order valence-corrected chi connectivity index (χ4v) is 3.86. The van der Waals surface area contributed by atoms with Crippen LogP contribution in [0.15, 0.2) is 59.1 Å². The number of pyridine rings is 1. The van der Waals surface area contributed by atoms with Gasteiger partial charge >= 0.3 is 0 Å². The third-order valence-corrected chi connectivity index (χ3v) is 6.01. The molecule has 0 aliphatic heterocycles. The first kappa shape index (κ1) is 21.8. The van der Waals surface area contributed by atoms with Gasteiger partial charge in [-0.3, -0.25) is 0 Å². The Bertz CT molecular complexity index is 955. The molecule has 0 aliphatic carbocycles. The average Bonchev–Trinajstić information content (AvgIpc) is 2.67. The fraction of sp³-hybridized carbons (Fsp3) is 0.190. The van der Waals surface area contributed by atoms with E-state index in [1.54, 1.807) is 12.1 Å². The van der Waals surface area contributed by atoms with Gasteiger partial charge in [-0.1, -0.05) is 51.3 Å². The molecule has 1 heterocycles. The number of rotatable bonds is 8. The van der Waals surface area contributed by atoms with Gasteiger partial charge in [0.15, 0.2) is 0 Å². The van der Waals surface area contributed by atoms with Gasteiger partial charge in [0.25, 0.3) is 0 Å². The molecule has 0 radical (unpaired) electrons. The molecule has 0 saturated carbocycles. The number of nitrogens with zero attached hydrogens (tertiary/aromatic N) is 1. The summed E-state index contributed by atoms with van der Waals surface area (Å²) in [5.74, 6) is 0.494. The second kappa shape index (κ2) is 10.8. The summed E-state index contributed by atoms with van der Waals surface area (Å²) < 4.78 is 13.9. The van der Waals surface area contributed by atoms with E-state index in [9.17, 15) is 0 Å². The quantitative estimate of drug-likeness (QED) is 0.159. The number of ether oxygens (including phenoxy) is 2. The molecule has 0 amide bonds. The number of hydrogen-bond donors (Lipinski definition) is 0. The van der Waals surface area contributed by atoms with Crippen molar-refractivity contribution in [2.75, 3.05) is 6.61 Å². The molecule has 3 nitrogen and oxygen atoms in total. The van der Waals surface area contributed by atoms with Crippen LogP contribution in [0.1, 0.15) is 16.7 Å². The lowest BCUT2D eigenvalue weighted by Gasteiger charge is -2.12. The van der Waals surface area contributed by atoms with E-state index in [0.717, 1.165) is 27.6 Å². The molecule has 3 rings (SSSR count). The molecule has 3 aromatic rings. The largest absolute Gasteiger partial charge is 0.473 e. The molecule has 146 valence electrons. The second-order valence-electron chi connectivity index (χ2n) is 6.04. The smallest absolute Gasteiger partial charge is 0.214 e. The molecule has 0 aliphatic rings. The molecule has 0 spiro atoms. The van der Waals surface area contributed by atoms with E-state index in [1.807, 2.05) is 30.3 Å². The average molecular weight is 593 g/mol. The first-order valence-electron chi connectivity index (χ1n) is 8.55. The Kier molecular flexibility index (Phi) is 8.41. The Hall–Kier alpha value is -0.860. The van der Waals surface area contributed by atoms with Crippen LogP contribution in [0.2, 0.25) is 10.2 Å². The highest BCUT2D eigenvalue weighted by Crippen LogP contribution is 2.21. The van der Waals surface area contributed by atoms with Crippen molar-refractivity contribution in [2.24, 2.45) is 0 Å². The molecular weight excluding hydrogens is 576 g/mol. The summed E-state index contributed by atoms with van der Waals surface area (Å²) in [7, 11) is 0. The zero-order chi connectivity index (χ0) is 19.9. The van der Waals surface area contributed by atoms with Crippen LogP contribution < -0.4 is 4.74 Å². The van der Waals surface area contributed by atoms with Gasteiger partial charge in [0.1, 0.15) is 11.8 Å². The third kappa shape index (κ3) is 6.59. The Labute approximate surface area is 196 Å². The molecule has 0 N–H and O–H groups in total. The van der Waals surface area contributed by atoms with Gasteiger partial charge in [-0.15, -0.1) is 0 Å². The van der Waals surface area contributed by atoms with Crippen LogP contribution in [0.25, 0.3) is 0 Å². The van der Waals surface area contributed by atoms with Crippen molar-refractivity contribution in [1.29, 1.82) is 0 Å². The van der Waals surface area contributed by atoms with Gasteiger partial charge in [0, 0.05) is 19.1 Å². The number of aromatic nitrogens is 1. The van der Waals surface area contributed by atoms with E-state index in [2.05, 4.69) is 55.6 Å². The van der Waals surface area contributed by atoms with Crippen molar-refractivity contribution in [2.45, 2.75) is 19.6 Å². The maximum atomic E-state index is 6.18. The van der Waals surface area contributed by atoms with Crippen LogP contribution in [0.5, 0.6) is 5.88 Å². The topological polar surface area (TPSA) is 31.4 Å². The number of hydrogen-bond acceptors (Lipinski definition) is 3. The summed E-state index contributed by atoms with van der Waals surface area (Å²) in [6, 6.07) is 17.3. The summed E-state index contributed by atoms with van der Waals surface area (Å²) in [5.41, 5.74) is 3.31. The molecule has 7 heteroatoms. The maximum absolute atomic E-state index is 6.18. The molecule has 2 aromatic carbocycles. The highest BCUT2D eigenvalue weighted by molar-refractivity contribution is 14.1. The molecule has 0 fully saturated rings. The summed E-state index contributed by atoms with van der Waals surface area (Å²) in [6.45, 7) is 1.55. The Morgan fingerprint density at radius 1 is 0.929 bits per heavy atom. The van der Waals surface area contributed by atoms with Gasteiger partial charge in [0.05, 0.1) is 13.2 Å². The van der Waals surface area contributed by atoms with Gasteiger partial charge in [-0.25, -0.2) is 4.98 Å². The summed E-state index contributed by atoms with van der Waals surface area (Å²) in [5, 5.41) is 1.10. The van der Waals surface area contributed by atoms with Crippen molar-refractivity contribution in [3.05, 3.63) is 89.5 Å². The SMILES string of the molecule is Clc1ccc(COc2cccc(Cl)n2)c(CCOCc2cc(Br)ccc2I)c1. The van der Waals surface area contributed by atoms with E-state index < -0.39 is 0 Å². The number of benzene rings is 2. The minimum atomic E-state index is 0.392. The van der Waals surface area contributed by atoms with Crippen LogP contribution in [-0.2, 0) is 24.4 Å². The molecule has 1 aromatic heterocycles. The molecule has 0 bridgehead atoms. The minimum Gasteiger partial charge on any atom is -0.473 e. The van der Waals surface area contributed by atoms with Gasteiger partial charge < -0.3 is 9.47 Å². The zero-order valence-electron chi connectivity index (χ0n) is 14.8. The summed E-state index contributed by atoms with van der Waals surface area (Å²) in [6.07, 6.45) is 0.743. The van der Waals surface area contributed by atoms with Gasteiger partial charge in [-0.05, 0) is 82.1 Å². The standard InChI is InChI=1S/C21H17BrCl2INO2/c22-17-5-7-19(25)16(10-17)12-27-9-8-14-11-18(23)6-4-15(14)13-28-21-3-1-2-20(24)26-21/h1-7,10-11H,8-9,12-13H2. The highest BCUT2D eigenvalue weighted by Gasteiger charge is 2.07. The molecule has 28 heavy (non-hydrogen) atoms. The van der Waals surface area contributed by atoms with Crippen molar-refractivity contribution in [3.8, 4) is 5.88 Å². The van der Waals surface area contributed by atoms with E-state index >= 15 is 0 Å². The summed E-state index contributed by atoms with van der Waals surface area (Å²) >= 11 is 17.9. The third-order valence-electron chi connectivity index (χ3n) is 4.01. The van der Waals surface area contributed by atoms with Crippen molar-refractivity contribution in [3.63, 3.8) is 0 Å². The Morgan fingerprint density at radius 2 is 1.79 bits per heavy atom. The van der Waals surface area contributed by atoms with E-state index in [1.165, 1.54) is 3.57 Å². The Balaban J connectivity index is 1.58. The van der Waals surface area contributed by atoms with Crippen LogP contribution in [0.3, 0.4) is 0 Å². The minimum absolute atomic E-state index is 0.392. The normalized spacial score (nSPS) is 10.9. The second-order valence-corrected chi connectivity index (χ2v) is 8.94. The first-order chi connectivity index (χ1) is 13.5. The lowest BCUT2D eigenvalue weighted by Crippen LogP contribution is -2.05. The lowest BCUT2D eigenvalue weighted by molar-refractivity contribution is 0.123. The monoisotopic (exact) mass is 591 g/mol. The van der Waals surface area contributed by atoms with E-state index in [4.69, 9.17) is 32.7 Å². The lowest BCUT2D eigenvalue weighted by atomic mass is 10.1. The van der Waals surface area contributed by atoms with Crippen LogP contribution in [-0.4, -0.2) is 11.6 Å². The summed E-state index contributed by atoms with van der Waals surface area (Å²) in [4.78, 5) is 4.15. The molecule has 0 saturated heterocycles. The maximum Gasteiger partial charge on any atom is 0.214 e. The van der Waals surface area contributed by atoms with Crippen molar-refractivity contribution >= 4 is 61.7 Å². The van der Waals surface area contributed by atoms with E-state index in [0.29, 0.717) is 35.9 Å². The van der Waals surface area contributed by atoms with Crippen LogP contribution in [0.4, 0.5) is 0 Å². The van der Waals surface area contributed by atoms with E-state index in [-0.39, 0.29) is 0 Å². The van der Waals surface area contributed by atoms with Crippen LogP contribution >= 0.6 is 61.7 Å². The number of halogens is 4. The molecule has 0 unspecified atom stereocenters. The van der Waals surface area contributed by atoms with Crippen LogP contribution in [0, 0.1) is 3.57 Å². The van der Waals surface area contributed by atoms with Gasteiger partial charge in [0.2, 0.25) is 5.88 Å². The predicted octanol–water partition coefficient (Wildman–Crippen LogP) is 7.09. The zero-order valence-corrected chi connectivity index (χ0v) is 20.1. The van der Waals surface area contributed by atoms with Crippen molar-refractivity contribution < 1.29 is 9.47 Å². The predicted molar refractivity (Wildman–Crippen MR) is 125 cm³/mol. The van der Waals surface area contributed by atoms with Crippen molar-refractivity contribution in [1.82, 2.24) is 4.98 Å². The fourth-order valence-electron chi connectivity index (χ4n) is 2.61. The molecule has 0 atom stereocenters. The Morgan fingerprint density at radius 3 is 2.61 bits per heavy atom. The van der Waals surface area contributed by atoms with Gasteiger partial charge in [-0.2, -0.15) is 0 Å². The molecular formula is C21H17BrCl2INO2.